The number of carboxylic acid groups (broad SMARTS) is 1. The molecule has 100 valence electrons. The van der Waals surface area contributed by atoms with Gasteiger partial charge in [0.25, 0.3) is 10.2 Å². The fourth-order valence-electron chi connectivity index (χ4n) is 1.44. The first-order valence-corrected chi connectivity index (χ1v) is 6.69. The lowest BCUT2D eigenvalue weighted by atomic mass is 10.1. The molecule has 17 heavy (non-hydrogen) atoms. The van der Waals surface area contributed by atoms with Gasteiger partial charge in [-0.1, -0.05) is 0 Å². The van der Waals surface area contributed by atoms with Crippen molar-refractivity contribution in [3.63, 3.8) is 0 Å². The second kappa shape index (κ2) is 4.89. The van der Waals surface area contributed by atoms with E-state index in [0.717, 1.165) is 4.31 Å². The average Bonchev–Trinajstić information content (AvgIpc) is 2.14. The van der Waals surface area contributed by atoms with Crippen LogP contribution < -0.4 is 4.72 Å². The Morgan fingerprint density at radius 2 is 2.06 bits per heavy atom. The predicted octanol–water partition coefficient (Wildman–Crippen LogP) is -0.595. The fourth-order valence-corrected chi connectivity index (χ4v) is 2.99. The number of carboxylic acids is 1. The Labute approximate surface area is 101 Å². The predicted molar refractivity (Wildman–Crippen MR) is 60.8 cm³/mol. The van der Waals surface area contributed by atoms with Gasteiger partial charge >= 0.3 is 5.97 Å². The second-order valence-electron chi connectivity index (χ2n) is 4.91. The summed E-state index contributed by atoms with van der Waals surface area (Å²) in [6.07, 6.45) is -1.10. The summed E-state index contributed by atoms with van der Waals surface area (Å²) < 4.78 is 32.4. The van der Waals surface area contributed by atoms with Crippen LogP contribution in [-0.4, -0.2) is 55.1 Å². The quantitative estimate of drug-likeness (QED) is 0.711. The van der Waals surface area contributed by atoms with Crippen molar-refractivity contribution in [2.24, 2.45) is 0 Å². The lowest BCUT2D eigenvalue weighted by Crippen LogP contribution is -2.55. The van der Waals surface area contributed by atoms with E-state index < -0.39 is 27.8 Å². The Morgan fingerprint density at radius 1 is 1.47 bits per heavy atom. The topological polar surface area (TPSA) is 95.9 Å². The molecule has 0 radical (unpaired) electrons. The average molecular weight is 266 g/mol. The molecule has 0 bridgehead atoms. The van der Waals surface area contributed by atoms with Crippen molar-refractivity contribution in [2.45, 2.75) is 32.4 Å². The maximum atomic E-state index is 11.9. The van der Waals surface area contributed by atoms with Crippen LogP contribution >= 0.6 is 0 Å². The number of carbonyl (C=O) groups is 1. The summed E-state index contributed by atoms with van der Waals surface area (Å²) in [7, 11) is -3.67. The number of hydrogen-bond acceptors (Lipinski definition) is 4. The van der Waals surface area contributed by atoms with Gasteiger partial charge in [0.15, 0.2) is 6.10 Å². The van der Waals surface area contributed by atoms with Crippen molar-refractivity contribution in [2.75, 3.05) is 19.7 Å². The Hall–Kier alpha value is -0.700. The molecule has 0 aromatic rings. The number of hydrogen-bond donors (Lipinski definition) is 2. The van der Waals surface area contributed by atoms with Crippen molar-refractivity contribution in [1.29, 1.82) is 0 Å². The molecule has 1 unspecified atom stereocenters. The zero-order valence-corrected chi connectivity index (χ0v) is 11.0. The minimum atomic E-state index is -3.67. The Bertz CT molecular complexity index is 387. The molecular weight excluding hydrogens is 248 g/mol. The third-order valence-electron chi connectivity index (χ3n) is 2.08. The summed E-state index contributed by atoms with van der Waals surface area (Å²) in [5.41, 5.74) is -0.601. The molecule has 8 heteroatoms. The summed E-state index contributed by atoms with van der Waals surface area (Å²) >= 11 is 0. The van der Waals surface area contributed by atoms with Crippen LogP contribution in [0.25, 0.3) is 0 Å². The van der Waals surface area contributed by atoms with Crippen LogP contribution in [0.5, 0.6) is 0 Å². The van der Waals surface area contributed by atoms with Crippen LogP contribution in [0.4, 0.5) is 0 Å². The minimum absolute atomic E-state index is 0.0853. The number of morpholine rings is 1. The smallest absolute Gasteiger partial charge is 0.334 e. The van der Waals surface area contributed by atoms with Gasteiger partial charge in [-0.05, 0) is 20.8 Å². The fraction of sp³-hybridized carbons (Fsp3) is 0.889. The van der Waals surface area contributed by atoms with Gasteiger partial charge in [0.05, 0.1) is 13.2 Å². The molecule has 1 rings (SSSR count). The number of nitrogens with zero attached hydrogens (tertiary/aromatic N) is 1. The zero-order chi connectivity index (χ0) is 13.3. The minimum Gasteiger partial charge on any atom is -0.479 e. The van der Waals surface area contributed by atoms with Crippen LogP contribution in [0.2, 0.25) is 0 Å². The third kappa shape index (κ3) is 4.23. The SMILES string of the molecule is CC(C)(C)NS(=O)(=O)N1CCOC(C(=O)O)C1. The molecule has 1 atom stereocenters. The van der Waals surface area contributed by atoms with Gasteiger partial charge in [-0.3, -0.25) is 0 Å². The molecule has 1 aliphatic rings. The van der Waals surface area contributed by atoms with Crippen LogP contribution in [0, 0.1) is 0 Å². The molecule has 0 aliphatic carbocycles. The van der Waals surface area contributed by atoms with E-state index >= 15 is 0 Å². The number of nitrogens with one attached hydrogen (secondary N) is 1. The molecule has 7 nitrogen and oxygen atoms in total. The summed E-state index contributed by atoms with van der Waals surface area (Å²) in [5, 5.41) is 8.79. The van der Waals surface area contributed by atoms with Crippen molar-refractivity contribution >= 4 is 16.2 Å². The number of ether oxygens (including phenoxy) is 1. The molecule has 1 fully saturated rings. The molecule has 0 saturated carbocycles. The Balaban J connectivity index is 2.75. The third-order valence-corrected chi connectivity index (χ3v) is 3.96. The van der Waals surface area contributed by atoms with Crippen molar-refractivity contribution in [3.8, 4) is 0 Å². The molecule has 2 N–H and O–H groups in total. The molecule has 0 aromatic heterocycles. The molecule has 0 aromatic carbocycles. The van der Waals surface area contributed by atoms with Crippen molar-refractivity contribution in [1.82, 2.24) is 9.03 Å². The lowest BCUT2D eigenvalue weighted by molar-refractivity contribution is -0.153. The van der Waals surface area contributed by atoms with Crippen molar-refractivity contribution in [3.05, 3.63) is 0 Å². The van der Waals surface area contributed by atoms with Crippen LogP contribution in [0.3, 0.4) is 0 Å². The van der Waals surface area contributed by atoms with Gasteiger partial charge in [-0.2, -0.15) is 17.4 Å². The van der Waals surface area contributed by atoms with Crippen LogP contribution in [-0.2, 0) is 19.7 Å². The van der Waals surface area contributed by atoms with Gasteiger partial charge < -0.3 is 9.84 Å². The molecule has 1 heterocycles. The first-order valence-electron chi connectivity index (χ1n) is 5.25. The van der Waals surface area contributed by atoms with E-state index in [2.05, 4.69) is 4.72 Å². The highest BCUT2D eigenvalue weighted by Gasteiger charge is 2.34. The molecule has 0 amide bonds. The van der Waals surface area contributed by atoms with E-state index in [-0.39, 0.29) is 19.7 Å². The van der Waals surface area contributed by atoms with E-state index in [1.54, 1.807) is 20.8 Å². The van der Waals surface area contributed by atoms with E-state index in [1.807, 2.05) is 0 Å². The van der Waals surface area contributed by atoms with Gasteiger partial charge in [-0.25, -0.2) is 4.79 Å². The number of rotatable bonds is 3. The highest BCUT2D eigenvalue weighted by atomic mass is 32.2. The van der Waals surface area contributed by atoms with Gasteiger partial charge in [-0.15, -0.1) is 0 Å². The molecule has 1 aliphatic heterocycles. The summed E-state index contributed by atoms with van der Waals surface area (Å²) in [6.45, 7) is 5.25. The Kier molecular flexibility index (Phi) is 4.13. The molecule has 1 saturated heterocycles. The van der Waals surface area contributed by atoms with Gasteiger partial charge in [0.1, 0.15) is 0 Å². The van der Waals surface area contributed by atoms with Crippen LogP contribution in [0.15, 0.2) is 0 Å². The zero-order valence-electron chi connectivity index (χ0n) is 10.1. The highest BCUT2D eigenvalue weighted by Crippen LogP contribution is 2.12. The lowest BCUT2D eigenvalue weighted by Gasteiger charge is -2.32. The van der Waals surface area contributed by atoms with Crippen LogP contribution in [0.1, 0.15) is 20.8 Å². The van der Waals surface area contributed by atoms with E-state index in [4.69, 9.17) is 9.84 Å². The summed E-state index contributed by atoms with van der Waals surface area (Å²) in [5.74, 6) is -1.15. The first-order chi connectivity index (χ1) is 7.62. The first kappa shape index (κ1) is 14.4. The van der Waals surface area contributed by atoms with Crippen molar-refractivity contribution < 1.29 is 23.1 Å². The van der Waals surface area contributed by atoms with Gasteiger partial charge in [0.2, 0.25) is 0 Å². The normalized spacial score (nSPS) is 23.6. The van der Waals surface area contributed by atoms with Gasteiger partial charge in [0, 0.05) is 12.1 Å². The highest BCUT2D eigenvalue weighted by molar-refractivity contribution is 7.87. The maximum absolute atomic E-state index is 11.9. The van der Waals surface area contributed by atoms with E-state index in [0.29, 0.717) is 0 Å². The largest absolute Gasteiger partial charge is 0.479 e. The maximum Gasteiger partial charge on any atom is 0.334 e. The summed E-state index contributed by atoms with van der Waals surface area (Å²) in [6, 6.07) is 0. The standard InChI is InChI=1S/C9H18N2O5S/c1-9(2,3)10-17(14,15)11-4-5-16-7(6-11)8(12)13/h7,10H,4-6H2,1-3H3,(H,12,13). The second-order valence-corrected chi connectivity index (χ2v) is 6.58. The monoisotopic (exact) mass is 266 g/mol. The molecular formula is C9H18N2O5S. The number of aliphatic carboxylic acids is 1. The van der Waals surface area contributed by atoms with E-state index in [1.165, 1.54) is 0 Å². The Morgan fingerprint density at radius 3 is 2.53 bits per heavy atom. The van der Waals surface area contributed by atoms with E-state index in [9.17, 15) is 13.2 Å². The molecule has 0 spiro atoms. The summed E-state index contributed by atoms with van der Waals surface area (Å²) in [4.78, 5) is 10.7.